The summed E-state index contributed by atoms with van der Waals surface area (Å²) in [6.45, 7) is 7.02. The van der Waals surface area contributed by atoms with Crippen molar-refractivity contribution in [3.05, 3.63) is 17.0 Å². The Morgan fingerprint density at radius 2 is 2.05 bits per heavy atom. The van der Waals surface area contributed by atoms with Crippen LogP contribution in [-0.4, -0.2) is 35.3 Å². The van der Waals surface area contributed by atoms with Gasteiger partial charge in [0, 0.05) is 25.7 Å². The summed E-state index contributed by atoms with van der Waals surface area (Å²) < 4.78 is 1.91. The van der Waals surface area contributed by atoms with E-state index in [1.165, 1.54) is 24.1 Å². The maximum Gasteiger partial charge on any atom is 0.220 e. The number of hydrogen-bond acceptors (Lipinski definition) is 3. The number of carbonyl (C=O) groups excluding carboxylic acids is 1. The Hall–Kier alpha value is -1.07. The zero-order chi connectivity index (χ0) is 15.2. The van der Waals surface area contributed by atoms with E-state index >= 15 is 0 Å². The number of rotatable bonds is 6. The second kappa shape index (κ2) is 9.16. The molecule has 1 aromatic rings. The minimum Gasteiger partial charge on any atom is -0.356 e. The van der Waals surface area contributed by atoms with Crippen molar-refractivity contribution in [2.75, 3.05) is 19.6 Å². The third-order valence-corrected chi connectivity index (χ3v) is 4.59. The number of amides is 1. The van der Waals surface area contributed by atoms with Crippen molar-refractivity contribution in [2.24, 2.45) is 13.0 Å². The molecule has 1 aliphatic rings. The molecule has 126 valence electrons. The van der Waals surface area contributed by atoms with Gasteiger partial charge in [-0.1, -0.05) is 0 Å². The lowest BCUT2D eigenvalue weighted by molar-refractivity contribution is -0.121. The Kier molecular flexibility index (Phi) is 7.90. The predicted molar refractivity (Wildman–Crippen MR) is 91.5 cm³/mol. The van der Waals surface area contributed by atoms with E-state index in [9.17, 15) is 4.79 Å². The van der Waals surface area contributed by atoms with Crippen LogP contribution in [0.5, 0.6) is 0 Å². The largest absolute Gasteiger partial charge is 0.356 e. The second-order valence-corrected chi connectivity index (χ2v) is 6.10. The van der Waals surface area contributed by atoms with Crippen LogP contribution in [0.4, 0.5) is 0 Å². The summed E-state index contributed by atoms with van der Waals surface area (Å²) >= 11 is 0. The summed E-state index contributed by atoms with van der Waals surface area (Å²) in [6, 6.07) is 0. The fraction of sp³-hybridized carbons (Fsp3) is 0.750. The van der Waals surface area contributed by atoms with E-state index in [-0.39, 0.29) is 18.3 Å². The lowest BCUT2D eigenvalue weighted by atomic mass is 9.93. The van der Waals surface area contributed by atoms with E-state index in [1.54, 1.807) is 0 Å². The first-order valence-corrected chi connectivity index (χ1v) is 8.04. The topological polar surface area (TPSA) is 59.0 Å². The molecule has 1 aromatic heterocycles. The van der Waals surface area contributed by atoms with Gasteiger partial charge in [0.2, 0.25) is 5.91 Å². The van der Waals surface area contributed by atoms with Crippen LogP contribution < -0.4 is 10.6 Å². The molecule has 22 heavy (non-hydrogen) atoms. The zero-order valence-corrected chi connectivity index (χ0v) is 14.8. The fourth-order valence-electron chi connectivity index (χ4n) is 3.10. The van der Waals surface area contributed by atoms with Crippen LogP contribution in [-0.2, 0) is 18.3 Å². The molecule has 0 atom stereocenters. The fourth-order valence-corrected chi connectivity index (χ4v) is 3.10. The van der Waals surface area contributed by atoms with Crippen LogP contribution in [0.2, 0.25) is 0 Å². The van der Waals surface area contributed by atoms with E-state index < -0.39 is 0 Å². The van der Waals surface area contributed by atoms with E-state index in [1.807, 2.05) is 18.7 Å². The van der Waals surface area contributed by atoms with Crippen LogP contribution in [0.3, 0.4) is 0 Å². The Morgan fingerprint density at radius 1 is 1.36 bits per heavy atom. The average molecular weight is 329 g/mol. The summed E-state index contributed by atoms with van der Waals surface area (Å²) in [5, 5.41) is 10.8. The molecular formula is C16H29ClN4O. The van der Waals surface area contributed by atoms with Gasteiger partial charge in [-0.25, -0.2) is 0 Å². The molecule has 2 rings (SSSR count). The minimum absolute atomic E-state index is 0. The maximum atomic E-state index is 11.9. The highest BCUT2D eigenvalue weighted by molar-refractivity contribution is 5.85. The normalized spacial score (nSPS) is 15.4. The molecule has 1 aliphatic heterocycles. The summed E-state index contributed by atoms with van der Waals surface area (Å²) in [7, 11) is 1.96. The molecular weight excluding hydrogens is 300 g/mol. The van der Waals surface area contributed by atoms with Crippen LogP contribution in [0.25, 0.3) is 0 Å². The van der Waals surface area contributed by atoms with E-state index in [0.717, 1.165) is 37.5 Å². The molecule has 0 unspecified atom stereocenters. The number of nitrogens with zero attached hydrogens (tertiary/aromatic N) is 2. The lowest BCUT2D eigenvalue weighted by Crippen LogP contribution is -2.30. The van der Waals surface area contributed by atoms with Crippen LogP contribution in [0.1, 0.15) is 42.6 Å². The monoisotopic (exact) mass is 328 g/mol. The van der Waals surface area contributed by atoms with Crippen molar-refractivity contribution in [1.82, 2.24) is 20.4 Å². The molecule has 1 saturated heterocycles. The van der Waals surface area contributed by atoms with E-state index in [4.69, 9.17) is 0 Å². The summed E-state index contributed by atoms with van der Waals surface area (Å²) in [6.07, 6.45) is 4.97. The Labute approximate surface area is 139 Å². The van der Waals surface area contributed by atoms with Gasteiger partial charge in [0.15, 0.2) is 0 Å². The number of aromatic nitrogens is 2. The molecule has 5 nitrogen and oxygen atoms in total. The molecule has 0 aliphatic carbocycles. The van der Waals surface area contributed by atoms with Crippen molar-refractivity contribution < 1.29 is 4.79 Å². The highest BCUT2D eigenvalue weighted by atomic mass is 35.5. The molecule has 0 radical (unpaired) electrons. The second-order valence-electron chi connectivity index (χ2n) is 6.10. The molecule has 2 N–H and O–H groups in total. The van der Waals surface area contributed by atoms with Crippen LogP contribution in [0.15, 0.2) is 0 Å². The van der Waals surface area contributed by atoms with Crippen molar-refractivity contribution in [3.63, 3.8) is 0 Å². The average Bonchev–Trinajstić information content (AvgIpc) is 2.72. The summed E-state index contributed by atoms with van der Waals surface area (Å²) in [5.41, 5.74) is 3.52. The summed E-state index contributed by atoms with van der Waals surface area (Å²) in [4.78, 5) is 11.9. The van der Waals surface area contributed by atoms with Gasteiger partial charge in [-0.3, -0.25) is 9.48 Å². The predicted octanol–water partition coefficient (Wildman–Crippen LogP) is 1.90. The first-order chi connectivity index (χ1) is 10.1. The smallest absolute Gasteiger partial charge is 0.220 e. The highest BCUT2D eigenvalue weighted by Crippen LogP contribution is 2.17. The van der Waals surface area contributed by atoms with Crippen LogP contribution in [0, 0.1) is 19.8 Å². The van der Waals surface area contributed by atoms with Gasteiger partial charge in [0.1, 0.15) is 0 Å². The molecule has 0 spiro atoms. The molecule has 1 fully saturated rings. The first-order valence-electron chi connectivity index (χ1n) is 8.04. The standard InChI is InChI=1S/C16H28N4O.ClH/c1-12-15(13(2)20(3)19-12)8-11-18-16(21)5-4-14-6-9-17-10-7-14;/h14,17H,4-11H2,1-3H3,(H,18,21);1H. The molecule has 0 bridgehead atoms. The number of nitrogens with one attached hydrogen (secondary N) is 2. The van der Waals surface area contributed by atoms with E-state index in [2.05, 4.69) is 22.7 Å². The Bertz CT molecular complexity index is 481. The first kappa shape index (κ1) is 19.0. The number of carbonyl (C=O) groups is 1. The van der Waals surface area contributed by atoms with Gasteiger partial charge >= 0.3 is 0 Å². The maximum absolute atomic E-state index is 11.9. The van der Waals surface area contributed by atoms with Gasteiger partial charge in [0.25, 0.3) is 0 Å². The molecule has 0 saturated carbocycles. The van der Waals surface area contributed by atoms with Crippen molar-refractivity contribution in [1.29, 1.82) is 0 Å². The third kappa shape index (κ3) is 5.29. The number of aryl methyl sites for hydroxylation is 2. The Balaban J connectivity index is 0.00000242. The van der Waals surface area contributed by atoms with Gasteiger partial charge in [-0.2, -0.15) is 5.10 Å². The molecule has 6 heteroatoms. The van der Waals surface area contributed by atoms with Crippen LogP contribution >= 0.6 is 12.4 Å². The highest BCUT2D eigenvalue weighted by Gasteiger charge is 2.14. The quantitative estimate of drug-likeness (QED) is 0.838. The van der Waals surface area contributed by atoms with Crippen molar-refractivity contribution in [2.45, 2.75) is 46.0 Å². The zero-order valence-electron chi connectivity index (χ0n) is 13.9. The van der Waals surface area contributed by atoms with Gasteiger partial charge in [-0.05, 0) is 64.1 Å². The Morgan fingerprint density at radius 3 is 2.64 bits per heavy atom. The number of halogens is 1. The van der Waals surface area contributed by atoms with Gasteiger partial charge in [0.05, 0.1) is 5.69 Å². The number of piperidine rings is 1. The van der Waals surface area contributed by atoms with Crippen molar-refractivity contribution >= 4 is 18.3 Å². The van der Waals surface area contributed by atoms with Crippen molar-refractivity contribution in [3.8, 4) is 0 Å². The SMILES string of the molecule is Cc1nn(C)c(C)c1CCNC(=O)CCC1CCNCC1.Cl. The molecule has 0 aromatic carbocycles. The van der Waals surface area contributed by atoms with Gasteiger partial charge < -0.3 is 10.6 Å². The molecule has 2 heterocycles. The number of hydrogen-bond donors (Lipinski definition) is 2. The minimum atomic E-state index is 0. The van der Waals surface area contributed by atoms with Gasteiger partial charge in [-0.15, -0.1) is 12.4 Å². The summed E-state index contributed by atoms with van der Waals surface area (Å²) in [5.74, 6) is 0.910. The van der Waals surface area contributed by atoms with E-state index in [0.29, 0.717) is 13.0 Å². The molecule has 1 amide bonds. The lowest BCUT2D eigenvalue weighted by Gasteiger charge is -2.22. The third-order valence-electron chi connectivity index (χ3n) is 4.59.